The third kappa shape index (κ3) is 4.84. The van der Waals surface area contributed by atoms with Gasteiger partial charge in [0.2, 0.25) is 0 Å². The minimum Gasteiger partial charge on any atom is -0.380 e. The molecule has 1 rings (SSSR count). The molecule has 0 amide bonds. The molecule has 0 aromatic carbocycles. The van der Waals surface area contributed by atoms with E-state index in [1.807, 2.05) is 0 Å². The van der Waals surface area contributed by atoms with Gasteiger partial charge >= 0.3 is 0 Å². The summed E-state index contributed by atoms with van der Waals surface area (Å²) in [5, 5.41) is 6.75. The van der Waals surface area contributed by atoms with Gasteiger partial charge in [-0.2, -0.15) is 0 Å². The largest absolute Gasteiger partial charge is 0.380 e. The maximum atomic E-state index is 5.25. The van der Waals surface area contributed by atoms with Crippen LogP contribution in [-0.2, 0) is 4.74 Å². The quantitative estimate of drug-likeness (QED) is 0.540. The summed E-state index contributed by atoms with van der Waals surface area (Å²) in [7, 11) is 0. The Morgan fingerprint density at radius 2 is 1.89 bits per heavy atom. The fourth-order valence-electron chi connectivity index (χ4n) is 1.97. The standard InChI is InChI=1S/C14H29N3O/c1-5-12(6-2)8-16-13(15-7-3)17-9-14(4)10-18-11-14/h12H,5-11H2,1-4H3,(H2,15,16,17). The molecule has 2 N–H and O–H groups in total. The van der Waals surface area contributed by atoms with E-state index in [-0.39, 0.29) is 5.41 Å². The monoisotopic (exact) mass is 255 g/mol. The van der Waals surface area contributed by atoms with E-state index in [0.29, 0.717) is 0 Å². The molecule has 0 saturated carbocycles. The van der Waals surface area contributed by atoms with Crippen molar-refractivity contribution in [3.63, 3.8) is 0 Å². The molecule has 1 fully saturated rings. The molecule has 18 heavy (non-hydrogen) atoms. The van der Waals surface area contributed by atoms with Crippen LogP contribution in [0.25, 0.3) is 0 Å². The van der Waals surface area contributed by atoms with Gasteiger partial charge in [-0.3, -0.25) is 4.99 Å². The molecule has 0 aromatic rings. The van der Waals surface area contributed by atoms with Gasteiger partial charge in [0, 0.05) is 18.5 Å². The molecule has 0 spiro atoms. The maximum Gasteiger partial charge on any atom is 0.191 e. The minimum absolute atomic E-state index is 0.247. The average molecular weight is 255 g/mol. The van der Waals surface area contributed by atoms with Crippen LogP contribution in [0.2, 0.25) is 0 Å². The van der Waals surface area contributed by atoms with Crippen LogP contribution in [0.5, 0.6) is 0 Å². The third-order valence-corrected chi connectivity index (χ3v) is 3.58. The lowest BCUT2D eigenvalue weighted by molar-refractivity contribution is -0.0945. The van der Waals surface area contributed by atoms with E-state index in [4.69, 9.17) is 4.74 Å². The van der Waals surface area contributed by atoms with Crippen molar-refractivity contribution >= 4 is 5.96 Å². The van der Waals surface area contributed by atoms with Gasteiger partial charge in [0.1, 0.15) is 0 Å². The Balaban J connectivity index is 2.40. The van der Waals surface area contributed by atoms with Gasteiger partial charge in [-0.25, -0.2) is 0 Å². The Hall–Kier alpha value is -0.770. The van der Waals surface area contributed by atoms with Crippen molar-refractivity contribution in [2.45, 2.75) is 40.5 Å². The molecule has 1 aliphatic rings. The van der Waals surface area contributed by atoms with Gasteiger partial charge in [-0.05, 0) is 12.8 Å². The number of hydrogen-bond donors (Lipinski definition) is 2. The molecule has 0 unspecified atom stereocenters. The Morgan fingerprint density at radius 3 is 2.33 bits per heavy atom. The van der Waals surface area contributed by atoms with E-state index in [0.717, 1.165) is 44.7 Å². The first-order chi connectivity index (χ1) is 8.63. The molecule has 4 nitrogen and oxygen atoms in total. The van der Waals surface area contributed by atoms with Crippen LogP contribution in [-0.4, -0.2) is 38.8 Å². The highest BCUT2D eigenvalue weighted by atomic mass is 16.5. The van der Waals surface area contributed by atoms with Crippen LogP contribution >= 0.6 is 0 Å². The smallest absolute Gasteiger partial charge is 0.191 e. The number of guanidine groups is 1. The van der Waals surface area contributed by atoms with Crippen molar-refractivity contribution < 1.29 is 4.74 Å². The van der Waals surface area contributed by atoms with Gasteiger partial charge in [0.05, 0.1) is 19.8 Å². The Labute approximate surface area is 112 Å². The highest BCUT2D eigenvalue weighted by Crippen LogP contribution is 2.26. The van der Waals surface area contributed by atoms with Crippen LogP contribution in [0.1, 0.15) is 40.5 Å². The summed E-state index contributed by atoms with van der Waals surface area (Å²) in [5.41, 5.74) is 0.247. The number of rotatable bonds is 7. The first-order valence-electron chi connectivity index (χ1n) is 7.23. The summed E-state index contributed by atoms with van der Waals surface area (Å²) in [6.07, 6.45) is 2.43. The highest BCUT2D eigenvalue weighted by Gasteiger charge is 2.33. The van der Waals surface area contributed by atoms with Crippen LogP contribution < -0.4 is 10.6 Å². The predicted molar refractivity (Wildman–Crippen MR) is 77.0 cm³/mol. The highest BCUT2D eigenvalue weighted by molar-refractivity contribution is 5.79. The lowest BCUT2D eigenvalue weighted by atomic mass is 9.89. The molecular formula is C14H29N3O. The normalized spacial score (nSPS) is 18.6. The molecule has 0 radical (unpaired) electrons. The molecular weight excluding hydrogens is 226 g/mol. The molecule has 0 atom stereocenters. The van der Waals surface area contributed by atoms with E-state index < -0.39 is 0 Å². The van der Waals surface area contributed by atoms with Crippen molar-refractivity contribution in [1.29, 1.82) is 0 Å². The second-order valence-electron chi connectivity index (χ2n) is 5.56. The molecule has 0 aromatic heterocycles. The van der Waals surface area contributed by atoms with Crippen molar-refractivity contribution in [2.75, 3.05) is 32.8 Å². The first kappa shape index (κ1) is 15.3. The summed E-state index contributed by atoms with van der Waals surface area (Å²) in [4.78, 5) is 4.66. The van der Waals surface area contributed by atoms with Crippen LogP contribution in [0.4, 0.5) is 0 Å². The maximum absolute atomic E-state index is 5.25. The Morgan fingerprint density at radius 1 is 1.22 bits per heavy atom. The Kier molecular flexibility index (Phi) is 6.47. The van der Waals surface area contributed by atoms with Crippen LogP contribution in [0.3, 0.4) is 0 Å². The van der Waals surface area contributed by atoms with Crippen LogP contribution in [0, 0.1) is 11.3 Å². The van der Waals surface area contributed by atoms with Gasteiger partial charge in [0.15, 0.2) is 5.96 Å². The summed E-state index contributed by atoms with van der Waals surface area (Å²) in [6.45, 7) is 13.2. The van der Waals surface area contributed by atoms with Gasteiger partial charge < -0.3 is 15.4 Å². The summed E-state index contributed by atoms with van der Waals surface area (Å²) in [5.74, 6) is 1.68. The van der Waals surface area contributed by atoms with E-state index in [1.165, 1.54) is 12.8 Å². The topological polar surface area (TPSA) is 45.7 Å². The number of nitrogens with one attached hydrogen (secondary N) is 2. The van der Waals surface area contributed by atoms with Gasteiger partial charge in [0.25, 0.3) is 0 Å². The lowest BCUT2D eigenvalue weighted by Gasteiger charge is -2.36. The van der Waals surface area contributed by atoms with E-state index in [9.17, 15) is 0 Å². The van der Waals surface area contributed by atoms with E-state index >= 15 is 0 Å². The second kappa shape index (κ2) is 7.62. The summed E-state index contributed by atoms with van der Waals surface area (Å²) >= 11 is 0. The molecule has 1 saturated heterocycles. The average Bonchev–Trinajstić information content (AvgIpc) is 2.34. The molecule has 106 valence electrons. The number of aliphatic imine (C=N–C) groups is 1. The predicted octanol–water partition coefficient (Wildman–Crippen LogP) is 2.01. The zero-order chi connectivity index (χ0) is 13.4. The number of hydrogen-bond acceptors (Lipinski definition) is 2. The van der Waals surface area contributed by atoms with E-state index in [2.05, 4.69) is 43.3 Å². The van der Waals surface area contributed by atoms with Crippen molar-refractivity contribution in [2.24, 2.45) is 16.3 Å². The first-order valence-corrected chi connectivity index (χ1v) is 7.23. The molecule has 0 bridgehead atoms. The van der Waals surface area contributed by atoms with Crippen molar-refractivity contribution in [1.82, 2.24) is 10.6 Å². The van der Waals surface area contributed by atoms with Crippen molar-refractivity contribution in [3.8, 4) is 0 Å². The summed E-state index contributed by atoms with van der Waals surface area (Å²) < 4.78 is 5.25. The zero-order valence-electron chi connectivity index (χ0n) is 12.4. The third-order valence-electron chi connectivity index (χ3n) is 3.58. The van der Waals surface area contributed by atoms with Gasteiger partial charge in [-0.15, -0.1) is 0 Å². The second-order valence-corrected chi connectivity index (χ2v) is 5.56. The van der Waals surface area contributed by atoms with Crippen molar-refractivity contribution in [3.05, 3.63) is 0 Å². The number of ether oxygens (including phenoxy) is 1. The van der Waals surface area contributed by atoms with Gasteiger partial charge in [-0.1, -0.05) is 33.6 Å². The SMILES string of the molecule is CCNC(=NCC1(C)COC1)NCC(CC)CC. The minimum atomic E-state index is 0.247. The zero-order valence-corrected chi connectivity index (χ0v) is 12.4. The fourth-order valence-corrected chi connectivity index (χ4v) is 1.97. The number of nitrogens with zero attached hydrogens (tertiary/aromatic N) is 1. The van der Waals surface area contributed by atoms with E-state index in [1.54, 1.807) is 0 Å². The molecule has 1 aliphatic heterocycles. The molecule has 4 heteroatoms. The lowest BCUT2D eigenvalue weighted by Crippen LogP contribution is -2.45. The Bertz CT molecular complexity index is 258. The molecule has 1 heterocycles. The fraction of sp³-hybridized carbons (Fsp3) is 0.929. The summed E-state index contributed by atoms with van der Waals surface area (Å²) in [6, 6.07) is 0. The molecule has 0 aliphatic carbocycles. The van der Waals surface area contributed by atoms with Crippen LogP contribution in [0.15, 0.2) is 4.99 Å².